The van der Waals surface area contributed by atoms with E-state index in [4.69, 9.17) is 9.47 Å². The molecule has 0 aliphatic carbocycles. The highest BCUT2D eigenvalue weighted by Gasteiger charge is 2.18. The van der Waals surface area contributed by atoms with Gasteiger partial charge < -0.3 is 19.8 Å². The number of rotatable bonds is 7. The molecule has 0 spiro atoms. The Morgan fingerprint density at radius 2 is 2.17 bits per heavy atom. The van der Waals surface area contributed by atoms with Gasteiger partial charge in [-0.3, -0.25) is 9.59 Å². The quantitative estimate of drug-likeness (QED) is 0.415. The van der Waals surface area contributed by atoms with Crippen LogP contribution in [0.1, 0.15) is 30.7 Å². The van der Waals surface area contributed by atoms with Crippen LogP contribution in [0.4, 0.5) is 5.69 Å². The van der Waals surface area contributed by atoms with Gasteiger partial charge in [0.25, 0.3) is 5.56 Å². The molecule has 2 N–H and O–H groups in total. The Morgan fingerprint density at radius 1 is 1.37 bits per heavy atom. The number of carbonyl (C=O) groups excluding carboxylic acids is 1. The Kier molecular flexibility index (Phi) is 6.01. The third kappa shape index (κ3) is 4.32. The van der Waals surface area contributed by atoms with E-state index in [0.29, 0.717) is 33.6 Å². The summed E-state index contributed by atoms with van der Waals surface area (Å²) in [6.07, 6.45) is 1.94. The summed E-state index contributed by atoms with van der Waals surface area (Å²) in [6, 6.07) is 5.24. The number of hydrogen-bond donors (Lipinski definition) is 2. The smallest absolute Gasteiger partial charge is 0.260 e. The van der Waals surface area contributed by atoms with Crippen molar-refractivity contribution >= 4 is 44.9 Å². The number of fused-ring (bicyclic) bond motifs is 2. The zero-order chi connectivity index (χ0) is 21.3. The molecule has 30 heavy (non-hydrogen) atoms. The van der Waals surface area contributed by atoms with Crippen LogP contribution in [0, 0.1) is 12.8 Å². The van der Waals surface area contributed by atoms with Gasteiger partial charge >= 0.3 is 0 Å². The number of carbonyl (C=O) groups is 1. The van der Waals surface area contributed by atoms with E-state index in [2.05, 4.69) is 29.1 Å². The van der Waals surface area contributed by atoms with Crippen molar-refractivity contribution in [3.63, 3.8) is 0 Å². The molecule has 0 radical (unpaired) electrons. The summed E-state index contributed by atoms with van der Waals surface area (Å²) in [5, 5.41) is 3.96. The molecule has 0 bridgehead atoms. The third-order valence-corrected chi connectivity index (χ3v) is 7.00. The highest BCUT2D eigenvalue weighted by atomic mass is 32.2. The Hall–Kier alpha value is -2.52. The van der Waals surface area contributed by atoms with E-state index in [9.17, 15) is 9.59 Å². The van der Waals surface area contributed by atoms with Crippen molar-refractivity contribution in [3.8, 4) is 11.5 Å². The van der Waals surface area contributed by atoms with E-state index in [1.807, 2.05) is 6.92 Å². The molecule has 1 aliphatic rings. The number of aryl methyl sites for hydroxylation is 1. The van der Waals surface area contributed by atoms with Gasteiger partial charge in [-0.1, -0.05) is 32.0 Å². The van der Waals surface area contributed by atoms with Gasteiger partial charge in [0.05, 0.1) is 11.1 Å². The molecule has 1 amide bonds. The SMILES string of the molecule is CCC(C)Cc1c(C)sc2nc(SCC(=O)Nc3ccc4c(c3)OCO4)[nH]c(=O)c12. The number of ether oxygens (including phenoxy) is 2. The Bertz CT molecular complexity index is 1160. The van der Waals surface area contributed by atoms with E-state index in [0.717, 1.165) is 28.1 Å². The van der Waals surface area contributed by atoms with Crippen LogP contribution in [-0.2, 0) is 11.2 Å². The second-order valence-electron chi connectivity index (χ2n) is 7.31. The third-order valence-electron chi connectivity index (χ3n) is 5.09. The Labute approximate surface area is 182 Å². The molecule has 4 rings (SSSR count). The maximum Gasteiger partial charge on any atom is 0.260 e. The van der Waals surface area contributed by atoms with Crippen LogP contribution in [0.25, 0.3) is 10.2 Å². The second kappa shape index (κ2) is 8.69. The largest absolute Gasteiger partial charge is 0.454 e. The van der Waals surface area contributed by atoms with E-state index in [1.165, 1.54) is 23.1 Å². The molecule has 1 aromatic carbocycles. The lowest BCUT2D eigenvalue weighted by Crippen LogP contribution is -2.15. The first-order chi connectivity index (χ1) is 14.4. The van der Waals surface area contributed by atoms with Crippen LogP contribution in [-0.4, -0.2) is 28.4 Å². The lowest BCUT2D eigenvalue weighted by molar-refractivity contribution is -0.113. The number of nitrogens with one attached hydrogen (secondary N) is 2. The minimum absolute atomic E-state index is 0.132. The number of aromatic amines is 1. The van der Waals surface area contributed by atoms with Crippen LogP contribution >= 0.6 is 23.1 Å². The number of benzene rings is 1. The van der Waals surface area contributed by atoms with Gasteiger partial charge in [-0.25, -0.2) is 4.98 Å². The highest BCUT2D eigenvalue weighted by Crippen LogP contribution is 2.34. The van der Waals surface area contributed by atoms with Crippen molar-refractivity contribution in [3.05, 3.63) is 39.0 Å². The van der Waals surface area contributed by atoms with Gasteiger partial charge in [0, 0.05) is 16.6 Å². The molecule has 3 heterocycles. The van der Waals surface area contributed by atoms with Crippen molar-refractivity contribution in [2.45, 2.75) is 38.8 Å². The molecule has 0 saturated carbocycles. The molecule has 1 atom stereocenters. The minimum Gasteiger partial charge on any atom is -0.454 e. The molecule has 3 aromatic rings. The first kappa shape index (κ1) is 20.7. The van der Waals surface area contributed by atoms with Gasteiger partial charge in [-0.2, -0.15) is 0 Å². The summed E-state index contributed by atoms with van der Waals surface area (Å²) < 4.78 is 10.6. The zero-order valence-electron chi connectivity index (χ0n) is 17.0. The van der Waals surface area contributed by atoms with Crippen molar-refractivity contribution in [1.82, 2.24) is 9.97 Å². The average Bonchev–Trinajstić information content (AvgIpc) is 3.30. The molecule has 158 valence electrons. The zero-order valence-corrected chi connectivity index (χ0v) is 18.7. The van der Waals surface area contributed by atoms with Crippen LogP contribution in [0.5, 0.6) is 11.5 Å². The summed E-state index contributed by atoms with van der Waals surface area (Å²) in [4.78, 5) is 34.3. The van der Waals surface area contributed by atoms with Gasteiger partial charge in [0.1, 0.15) is 4.83 Å². The van der Waals surface area contributed by atoms with Gasteiger partial charge in [0.2, 0.25) is 12.7 Å². The normalized spacial score (nSPS) is 13.6. The fourth-order valence-electron chi connectivity index (χ4n) is 3.27. The first-order valence-electron chi connectivity index (χ1n) is 9.79. The Balaban J connectivity index is 1.45. The van der Waals surface area contributed by atoms with Crippen LogP contribution in [0.3, 0.4) is 0 Å². The molecule has 0 saturated heterocycles. The fraction of sp³-hybridized carbons (Fsp3) is 0.381. The maximum atomic E-state index is 12.7. The Morgan fingerprint density at radius 3 is 2.97 bits per heavy atom. The molecule has 7 nitrogen and oxygen atoms in total. The summed E-state index contributed by atoms with van der Waals surface area (Å²) in [5.74, 6) is 1.72. The first-order valence-corrected chi connectivity index (χ1v) is 11.6. The summed E-state index contributed by atoms with van der Waals surface area (Å²) >= 11 is 2.74. The number of anilines is 1. The van der Waals surface area contributed by atoms with Crippen LogP contribution in [0.15, 0.2) is 28.2 Å². The lowest BCUT2D eigenvalue weighted by atomic mass is 9.98. The summed E-state index contributed by atoms with van der Waals surface area (Å²) in [7, 11) is 0. The predicted molar refractivity (Wildman–Crippen MR) is 120 cm³/mol. The van der Waals surface area contributed by atoms with Gasteiger partial charge in [-0.05, 0) is 37.0 Å². The molecule has 1 unspecified atom stereocenters. The monoisotopic (exact) mass is 445 g/mol. The topological polar surface area (TPSA) is 93.3 Å². The van der Waals surface area contributed by atoms with Crippen LogP contribution in [0.2, 0.25) is 0 Å². The summed E-state index contributed by atoms with van der Waals surface area (Å²) in [6.45, 7) is 6.56. The summed E-state index contributed by atoms with van der Waals surface area (Å²) in [5.41, 5.74) is 1.59. The number of nitrogens with zero attached hydrogens (tertiary/aromatic N) is 1. The van der Waals surface area contributed by atoms with Gasteiger partial charge in [0.15, 0.2) is 16.7 Å². The predicted octanol–water partition coefficient (Wildman–Crippen LogP) is 4.34. The van der Waals surface area contributed by atoms with E-state index < -0.39 is 0 Å². The molecular weight excluding hydrogens is 422 g/mol. The lowest BCUT2D eigenvalue weighted by Gasteiger charge is -2.08. The highest BCUT2D eigenvalue weighted by molar-refractivity contribution is 7.99. The second-order valence-corrected chi connectivity index (χ2v) is 9.48. The maximum absolute atomic E-state index is 12.7. The van der Waals surface area contributed by atoms with Gasteiger partial charge in [-0.15, -0.1) is 11.3 Å². The fourth-order valence-corrected chi connectivity index (χ4v) is 5.04. The van der Waals surface area contributed by atoms with Crippen molar-refractivity contribution in [2.24, 2.45) is 5.92 Å². The molecule has 0 fully saturated rings. The molecule has 2 aromatic heterocycles. The van der Waals surface area contributed by atoms with Crippen LogP contribution < -0.4 is 20.3 Å². The standard InChI is InChI=1S/C21H23N3O4S2/c1-4-11(2)7-14-12(3)30-20-18(14)19(26)23-21(24-20)29-9-17(25)22-13-5-6-15-16(8-13)28-10-27-15/h5-6,8,11H,4,7,9-10H2,1-3H3,(H,22,25)(H,23,24,26). The number of hydrogen-bond acceptors (Lipinski definition) is 7. The van der Waals surface area contributed by atoms with Crippen molar-refractivity contribution in [1.29, 1.82) is 0 Å². The van der Waals surface area contributed by atoms with E-state index >= 15 is 0 Å². The average molecular weight is 446 g/mol. The van der Waals surface area contributed by atoms with E-state index in [-0.39, 0.29) is 24.0 Å². The number of thiophene rings is 1. The number of H-pyrrole nitrogens is 1. The number of thioether (sulfide) groups is 1. The van der Waals surface area contributed by atoms with Crippen molar-refractivity contribution in [2.75, 3.05) is 17.9 Å². The molecular formula is C21H23N3O4S2. The van der Waals surface area contributed by atoms with Crippen molar-refractivity contribution < 1.29 is 14.3 Å². The number of amides is 1. The minimum atomic E-state index is -0.193. The number of aromatic nitrogens is 2. The molecule has 9 heteroatoms. The molecule has 1 aliphatic heterocycles. The van der Waals surface area contributed by atoms with E-state index in [1.54, 1.807) is 18.2 Å².